The maximum atomic E-state index is 11.0. The summed E-state index contributed by atoms with van der Waals surface area (Å²) in [5.41, 5.74) is 2.22. The Morgan fingerprint density at radius 3 is 2.64 bits per heavy atom. The monoisotopic (exact) mass is 356 g/mol. The first kappa shape index (κ1) is 17.0. The van der Waals surface area contributed by atoms with Gasteiger partial charge in [0.25, 0.3) is 11.1 Å². The molecule has 1 heterocycles. The molecule has 0 saturated heterocycles. The lowest BCUT2D eigenvalue weighted by atomic mass is 10.1. The Morgan fingerprint density at radius 2 is 1.88 bits per heavy atom. The van der Waals surface area contributed by atoms with Crippen molar-refractivity contribution in [2.45, 2.75) is 11.0 Å². The Kier molecular flexibility index (Phi) is 5.35. The average Bonchev–Trinajstić information content (AvgIpc) is 3.14. The molecule has 0 atom stereocenters. The summed E-state index contributed by atoms with van der Waals surface area (Å²) in [6, 6.07) is 12.7. The van der Waals surface area contributed by atoms with Gasteiger partial charge in [0.1, 0.15) is 17.8 Å². The van der Waals surface area contributed by atoms with Gasteiger partial charge in [-0.05, 0) is 30.3 Å². The first-order valence-corrected chi connectivity index (χ1v) is 8.45. The molecule has 7 heteroatoms. The molecule has 0 N–H and O–H groups in total. The van der Waals surface area contributed by atoms with Crippen molar-refractivity contribution in [3.05, 3.63) is 53.6 Å². The van der Waals surface area contributed by atoms with Crippen molar-refractivity contribution in [2.75, 3.05) is 14.2 Å². The lowest BCUT2D eigenvalue weighted by Gasteiger charge is -2.07. The van der Waals surface area contributed by atoms with Crippen LogP contribution in [0.4, 0.5) is 0 Å². The summed E-state index contributed by atoms with van der Waals surface area (Å²) < 4.78 is 16.3. The standard InChI is InChI=1S/C18H16N2O4S/c1-22-15-8-7-12(10-21)9-13(15)11-25-18-20-19-17(24-18)14-5-3-4-6-16(14)23-2/h3-10H,11H2,1-2H3. The van der Waals surface area contributed by atoms with Gasteiger partial charge in [0, 0.05) is 16.9 Å². The molecule has 0 radical (unpaired) electrons. The molecule has 0 unspecified atom stereocenters. The van der Waals surface area contributed by atoms with E-state index in [1.54, 1.807) is 32.4 Å². The van der Waals surface area contributed by atoms with E-state index in [-0.39, 0.29) is 0 Å². The number of benzene rings is 2. The minimum atomic E-state index is 0.397. The maximum absolute atomic E-state index is 11.0. The van der Waals surface area contributed by atoms with Gasteiger partial charge in [0.05, 0.1) is 19.8 Å². The highest BCUT2D eigenvalue weighted by atomic mass is 32.2. The van der Waals surface area contributed by atoms with E-state index in [0.29, 0.717) is 33.9 Å². The zero-order valence-corrected chi connectivity index (χ0v) is 14.6. The van der Waals surface area contributed by atoms with Crippen LogP contribution in [0.3, 0.4) is 0 Å². The van der Waals surface area contributed by atoms with Crippen molar-refractivity contribution < 1.29 is 18.7 Å². The van der Waals surface area contributed by atoms with E-state index in [4.69, 9.17) is 13.9 Å². The van der Waals surface area contributed by atoms with Crippen molar-refractivity contribution in [3.8, 4) is 23.0 Å². The molecule has 0 aliphatic carbocycles. The molecule has 0 fully saturated rings. The van der Waals surface area contributed by atoms with Crippen molar-refractivity contribution in [3.63, 3.8) is 0 Å². The Morgan fingerprint density at radius 1 is 1.08 bits per heavy atom. The average molecular weight is 356 g/mol. The molecule has 0 spiro atoms. The number of hydrogen-bond donors (Lipinski definition) is 0. The van der Waals surface area contributed by atoms with Crippen LogP contribution in [-0.2, 0) is 5.75 Å². The molecule has 2 aromatic carbocycles. The number of nitrogens with zero attached hydrogens (tertiary/aromatic N) is 2. The number of aldehydes is 1. The second-order valence-corrected chi connectivity index (χ2v) is 5.98. The summed E-state index contributed by atoms with van der Waals surface area (Å²) >= 11 is 1.37. The summed E-state index contributed by atoms with van der Waals surface area (Å²) in [7, 11) is 3.19. The van der Waals surface area contributed by atoms with Gasteiger partial charge in [-0.2, -0.15) is 0 Å². The number of thioether (sulfide) groups is 1. The van der Waals surface area contributed by atoms with Gasteiger partial charge < -0.3 is 13.9 Å². The molecule has 0 bridgehead atoms. The highest BCUT2D eigenvalue weighted by Crippen LogP contribution is 2.32. The smallest absolute Gasteiger partial charge is 0.277 e. The molecule has 1 aromatic heterocycles. The first-order chi connectivity index (χ1) is 12.2. The summed E-state index contributed by atoms with van der Waals surface area (Å²) in [6.07, 6.45) is 0.806. The predicted molar refractivity (Wildman–Crippen MR) is 94.2 cm³/mol. The zero-order chi connectivity index (χ0) is 17.6. The number of aromatic nitrogens is 2. The van der Waals surface area contributed by atoms with E-state index in [1.165, 1.54) is 11.8 Å². The van der Waals surface area contributed by atoms with Crippen LogP contribution in [0.5, 0.6) is 11.5 Å². The SMILES string of the molecule is COc1ccc(C=O)cc1CSc1nnc(-c2ccccc2OC)o1. The normalized spacial score (nSPS) is 10.5. The quantitative estimate of drug-likeness (QED) is 0.470. The van der Waals surface area contributed by atoms with Crippen LogP contribution in [0, 0.1) is 0 Å². The Labute approximate surface area is 149 Å². The Hall–Kier alpha value is -2.80. The third-order valence-electron chi connectivity index (χ3n) is 3.54. The topological polar surface area (TPSA) is 74.5 Å². The minimum Gasteiger partial charge on any atom is -0.496 e. The first-order valence-electron chi connectivity index (χ1n) is 7.47. The van der Waals surface area contributed by atoms with E-state index in [9.17, 15) is 4.79 Å². The van der Waals surface area contributed by atoms with E-state index in [1.807, 2.05) is 24.3 Å². The van der Waals surface area contributed by atoms with E-state index >= 15 is 0 Å². The Balaban J connectivity index is 1.77. The fraction of sp³-hybridized carbons (Fsp3) is 0.167. The maximum Gasteiger partial charge on any atom is 0.277 e. The van der Waals surface area contributed by atoms with Crippen LogP contribution in [0.2, 0.25) is 0 Å². The fourth-order valence-electron chi connectivity index (χ4n) is 2.32. The summed E-state index contributed by atoms with van der Waals surface area (Å²) in [6.45, 7) is 0. The molecule has 3 rings (SSSR count). The molecule has 6 nitrogen and oxygen atoms in total. The molecule has 0 amide bonds. The van der Waals surface area contributed by atoms with E-state index < -0.39 is 0 Å². The number of methoxy groups -OCH3 is 2. The van der Waals surface area contributed by atoms with Gasteiger partial charge in [-0.15, -0.1) is 10.2 Å². The van der Waals surface area contributed by atoms with Crippen LogP contribution in [-0.4, -0.2) is 30.7 Å². The van der Waals surface area contributed by atoms with Gasteiger partial charge in [0.15, 0.2) is 0 Å². The largest absolute Gasteiger partial charge is 0.496 e. The van der Waals surface area contributed by atoms with Crippen LogP contribution in [0.25, 0.3) is 11.5 Å². The minimum absolute atomic E-state index is 0.397. The van der Waals surface area contributed by atoms with Crippen LogP contribution in [0.15, 0.2) is 52.1 Å². The molecule has 25 heavy (non-hydrogen) atoms. The molecular formula is C18H16N2O4S. The molecular weight excluding hydrogens is 340 g/mol. The second kappa shape index (κ2) is 7.85. The van der Waals surface area contributed by atoms with Crippen molar-refractivity contribution in [1.29, 1.82) is 0 Å². The number of hydrogen-bond acceptors (Lipinski definition) is 7. The van der Waals surface area contributed by atoms with Gasteiger partial charge >= 0.3 is 0 Å². The molecule has 3 aromatic rings. The third-order valence-corrected chi connectivity index (χ3v) is 4.40. The molecule has 0 aliphatic heterocycles. The summed E-state index contributed by atoms with van der Waals surface area (Å²) in [5, 5.41) is 8.57. The summed E-state index contributed by atoms with van der Waals surface area (Å²) in [4.78, 5) is 11.0. The van der Waals surface area contributed by atoms with Crippen molar-refractivity contribution in [1.82, 2.24) is 10.2 Å². The van der Waals surface area contributed by atoms with Crippen LogP contribution in [0.1, 0.15) is 15.9 Å². The van der Waals surface area contributed by atoms with Gasteiger partial charge in [-0.25, -0.2) is 0 Å². The van der Waals surface area contributed by atoms with E-state index in [0.717, 1.165) is 17.4 Å². The predicted octanol–water partition coefficient (Wildman–Crippen LogP) is 3.86. The number of carbonyl (C=O) groups is 1. The lowest BCUT2D eigenvalue weighted by molar-refractivity contribution is 0.112. The van der Waals surface area contributed by atoms with Crippen LogP contribution >= 0.6 is 11.8 Å². The molecule has 0 aliphatic rings. The lowest BCUT2D eigenvalue weighted by Crippen LogP contribution is -1.92. The number of para-hydroxylation sites is 1. The molecule has 128 valence electrons. The van der Waals surface area contributed by atoms with Crippen LogP contribution < -0.4 is 9.47 Å². The fourth-order valence-corrected chi connectivity index (χ4v) is 3.06. The number of carbonyl (C=O) groups excluding carboxylic acids is 1. The number of rotatable bonds is 7. The van der Waals surface area contributed by atoms with E-state index in [2.05, 4.69) is 10.2 Å². The van der Waals surface area contributed by atoms with Gasteiger partial charge in [-0.3, -0.25) is 4.79 Å². The highest BCUT2D eigenvalue weighted by molar-refractivity contribution is 7.98. The number of ether oxygens (including phenoxy) is 2. The third kappa shape index (κ3) is 3.83. The highest BCUT2D eigenvalue weighted by Gasteiger charge is 2.14. The van der Waals surface area contributed by atoms with Gasteiger partial charge in [-0.1, -0.05) is 23.9 Å². The summed E-state index contributed by atoms with van der Waals surface area (Å²) in [5.74, 6) is 2.32. The second-order valence-electron chi connectivity index (χ2n) is 5.05. The van der Waals surface area contributed by atoms with Crippen molar-refractivity contribution >= 4 is 18.0 Å². The Bertz CT molecular complexity index is 879. The molecule has 0 saturated carbocycles. The van der Waals surface area contributed by atoms with Crippen molar-refractivity contribution in [2.24, 2.45) is 0 Å². The zero-order valence-electron chi connectivity index (χ0n) is 13.8. The van der Waals surface area contributed by atoms with Gasteiger partial charge in [0.2, 0.25) is 0 Å².